The second kappa shape index (κ2) is 5.71. The van der Waals surface area contributed by atoms with Gasteiger partial charge in [-0.1, -0.05) is 0 Å². The Bertz CT molecular complexity index is 478. The van der Waals surface area contributed by atoms with Gasteiger partial charge >= 0.3 is 0 Å². The smallest absolute Gasteiger partial charge is 0.252 e. The molecule has 2 N–H and O–H groups in total. The van der Waals surface area contributed by atoms with Crippen LogP contribution in [0.5, 0.6) is 0 Å². The van der Waals surface area contributed by atoms with Crippen LogP contribution < -0.4 is 10.9 Å². The molecule has 2 aliphatic rings. The molecular weight excluding hydrogens is 244 g/mol. The molecule has 0 bridgehead atoms. The van der Waals surface area contributed by atoms with Gasteiger partial charge in [0.15, 0.2) is 0 Å². The average Bonchev–Trinajstić information content (AvgIpc) is 3.24. The summed E-state index contributed by atoms with van der Waals surface area (Å²) in [5.74, 6) is 1.99. The summed E-state index contributed by atoms with van der Waals surface area (Å²) >= 11 is 0. The van der Waals surface area contributed by atoms with Crippen LogP contribution in [0.15, 0.2) is 10.9 Å². The molecule has 0 radical (unpaired) electrons. The lowest BCUT2D eigenvalue weighted by atomic mass is 10.4. The van der Waals surface area contributed by atoms with Crippen molar-refractivity contribution in [3.63, 3.8) is 0 Å². The van der Waals surface area contributed by atoms with E-state index in [1.165, 1.54) is 6.07 Å². The zero-order valence-corrected chi connectivity index (χ0v) is 11.0. The molecule has 0 atom stereocenters. The van der Waals surface area contributed by atoms with Crippen LogP contribution in [0.2, 0.25) is 0 Å². The molecule has 1 aliphatic heterocycles. The number of rotatable bonds is 5. The number of hydrogen-bond donors (Lipinski definition) is 2. The summed E-state index contributed by atoms with van der Waals surface area (Å²) < 4.78 is 5.31. The average molecular weight is 264 g/mol. The van der Waals surface area contributed by atoms with Crippen molar-refractivity contribution in [3.05, 3.63) is 22.2 Å². The Balaban J connectivity index is 1.52. The van der Waals surface area contributed by atoms with Crippen LogP contribution in [0.3, 0.4) is 0 Å². The highest BCUT2D eigenvalue weighted by molar-refractivity contribution is 5.33. The molecular formula is C13H20N4O2. The summed E-state index contributed by atoms with van der Waals surface area (Å²) in [5.41, 5.74) is -0.0641. The fourth-order valence-electron chi connectivity index (χ4n) is 2.28. The van der Waals surface area contributed by atoms with Crippen molar-refractivity contribution >= 4 is 5.82 Å². The predicted octanol–water partition coefficient (Wildman–Crippen LogP) is 0.391. The normalized spacial score (nSPS) is 20.4. The Morgan fingerprint density at radius 3 is 2.95 bits per heavy atom. The lowest BCUT2D eigenvalue weighted by molar-refractivity contribution is 0.0398. The number of H-pyrrole nitrogens is 1. The lowest BCUT2D eigenvalue weighted by Crippen LogP contribution is -2.39. The molecule has 6 nitrogen and oxygen atoms in total. The van der Waals surface area contributed by atoms with Crippen LogP contribution in [0.4, 0.5) is 5.82 Å². The molecule has 0 unspecified atom stereocenters. The van der Waals surface area contributed by atoms with Crippen molar-refractivity contribution in [3.8, 4) is 0 Å². The monoisotopic (exact) mass is 264 g/mol. The number of morpholine rings is 1. The fourth-order valence-corrected chi connectivity index (χ4v) is 2.28. The highest BCUT2D eigenvalue weighted by atomic mass is 16.5. The van der Waals surface area contributed by atoms with Crippen molar-refractivity contribution in [2.45, 2.75) is 18.8 Å². The quantitative estimate of drug-likeness (QED) is 0.805. The number of aromatic amines is 1. The minimum atomic E-state index is -0.0641. The van der Waals surface area contributed by atoms with Gasteiger partial charge in [0.1, 0.15) is 11.6 Å². The largest absolute Gasteiger partial charge is 0.379 e. The highest BCUT2D eigenvalue weighted by Crippen LogP contribution is 2.37. The van der Waals surface area contributed by atoms with Crippen molar-refractivity contribution in [1.29, 1.82) is 0 Å². The zero-order chi connectivity index (χ0) is 13.1. The van der Waals surface area contributed by atoms with Crippen molar-refractivity contribution < 1.29 is 4.74 Å². The van der Waals surface area contributed by atoms with E-state index in [0.717, 1.165) is 58.1 Å². The van der Waals surface area contributed by atoms with E-state index in [2.05, 4.69) is 20.2 Å². The molecule has 2 fully saturated rings. The van der Waals surface area contributed by atoms with Crippen molar-refractivity contribution in [1.82, 2.24) is 14.9 Å². The number of nitrogens with zero attached hydrogens (tertiary/aromatic N) is 2. The van der Waals surface area contributed by atoms with Gasteiger partial charge in [0.25, 0.3) is 5.56 Å². The minimum Gasteiger partial charge on any atom is -0.379 e. The molecule has 0 amide bonds. The van der Waals surface area contributed by atoms with Crippen LogP contribution in [-0.2, 0) is 4.74 Å². The number of anilines is 1. The third-order valence-electron chi connectivity index (χ3n) is 3.56. The van der Waals surface area contributed by atoms with E-state index in [1.807, 2.05) is 0 Å². The van der Waals surface area contributed by atoms with Gasteiger partial charge in [-0.3, -0.25) is 9.69 Å². The van der Waals surface area contributed by atoms with Crippen molar-refractivity contribution in [2.75, 3.05) is 44.7 Å². The summed E-state index contributed by atoms with van der Waals surface area (Å²) in [6.45, 7) is 5.36. The first-order valence-electron chi connectivity index (χ1n) is 6.96. The summed E-state index contributed by atoms with van der Waals surface area (Å²) in [6.07, 6.45) is 2.28. The van der Waals surface area contributed by atoms with Gasteiger partial charge in [-0.2, -0.15) is 0 Å². The lowest BCUT2D eigenvalue weighted by Gasteiger charge is -2.26. The Morgan fingerprint density at radius 2 is 2.21 bits per heavy atom. The Kier molecular flexibility index (Phi) is 3.79. The van der Waals surface area contributed by atoms with Gasteiger partial charge in [-0.15, -0.1) is 0 Å². The Hall–Kier alpha value is -1.40. The summed E-state index contributed by atoms with van der Waals surface area (Å²) in [7, 11) is 0. The van der Waals surface area contributed by atoms with E-state index in [-0.39, 0.29) is 5.56 Å². The summed E-state index contributed by atoms with van der Waals surface area (Å²) in [6, 6.07) is 1.53. The number of aromatic nitrogens is 2. The van der Waals surface area contributed by atoms with Gasteiger partial charge in [0.2, 0.25) is 0 Å². The van der Waals surface area contributed by atoms with E-state index in [1.54, 1.807) is 0 Å². The molecule has 1 aliphatic carbocycles. The Labute approximate surface area is 112 Å². The third kappa shape index (κ3) is 3.54. The standard InChI is InChI=1S/C13H20N4O2/c18-12-9-11(15-13(16-12)10-1-2-10)14-3-4-17-5-7-19-8-6-17/h9-10H,1-8H2,(H2,14,15,16,18). The SMILES string of the molecule is O=c1cc(NCCN2CCOCC2)nc(C2CC2)[nH]1. The van der Waals surface area contributed by atoms with E-state index in [0.29, 0.717) is 11.7 Å². The van der Waals surface area contributed by atoms with Crippen molar-refractivity contribution in [2.24, 2.45) is 0 Å². The number of nitrogens with one attached hydrogen (secondary N) is 2. The predicted molar refractivity (Wildman–Crippen MR) is 72.6 cm³/mol. The second-order valence-corrected chi connectivity index (χ2v) is 5.17. The minimum absolute atomic E-state index is 0.0641. The van der Waals surface area contributed by atoms with Gasteiger partial charge < -0.3 is 15.0 Å². The van der Waals surface area contributed by atoms with Crippen LogP contribution in [0.25, 0.3) is 0 Å². The molecule has 1 saturated carbocycles. The fraction of sp³-hybridized carbons (Fsp3) is 0.692. The van der Waals surface area contributed by atoms with Crippen LogP contribution >= 0.6 is 0 Å². The van der Waals surface area contributed by atoms with Crippen LogP contribution in [0.1, 0.15) is 24.6 Å². The van der Waals surface area contributed by atoms with Crippen LogP contribution in [0, 0.1) is 0 Å². The first-order valence-corrected chi connectivity index (χ1v) is 6.96. The Morgan fingerprint density at radius 1 is 1.42 bits per heavy atom. The molecule has 19 heavy (non-hydrogen) atoms. The van der Waals surface area contributed by atoms with Crippen LogP contribution in [-0.4, -0.2) is 54.3 Å². The maximum absolute atomic E-state index is 11.5. The molecule has 6 heteroatoms. The maximum atomic E-state index is 11.5. The number of hydrogen-bond acceptors (Lipinski definition) is 5. The van der Waals surface area contributed by atoms with E-state index >= 15 is 0 Å². The van der Waals surface area contributed by atoms with Gasteiger partial charge in [0, 0.05) is 38.2 Å². The van der Waals surface area contributed by atoms with Gasteiger partial charge in [-0.25, -0.2) is 4.98 Å². The molecule has 104 valence electrons. The van der Waals surface area contributed by atoms with E-state index in [9.17, 15) is 4.79 Å². The third-order valence-corrected chi connectivity index (χ3v) is 3.56. The summed E-state index contributed by atoms with van der Waals surface area (Å²) in [5, 5.41) is 3.24. The zero-order valence-electron chi connectivity index (χ0n) is 11.0. The maximum Gasteiger partial charge on any atom is 0.252 e. The number of ether oxygens (including phenoxy) is 1. The van der Waals surface area contributed by atoms with E-state index < -0.39 is 0 Å². The second-order valence-electron chi connectivity index (χ2n) is 5.17. The topological polar surface area (TPSA) is 70.2 Å². The van der Waals surface area contributed by atoms with Gasteiger partial charge in [0.05, 0.1) is 13.2 Å². The first kappa shape index (κ1) is 12.6. The summed E-state index contributed by atoms with van der Waals surface area (Å²) in [4.78, 5) is 21.2. The molecule has 0 aromatic carbocycles. The van der Waals surface area contributed by atoms with Gasteiger partial charge in [-0.05, 0) is 12.8 Å². The highest BCUT2D eigenvalue weighted by Gasteiger charge is 2.26. The van der Waals surface area contributed by atoms with E-state index in [4.69, 9.17) is 4.74 Å². The molecule has 3 rings (SSSR count). The molecule has 2 heterocycles. The molecule has 1 aromatic rings. The molecule has 1 aromatic heterocycles. The molecule has 1 saturated heterocycles. The first-order chi connectivity index (χ1) is 9.31. The molecule has 0 spiro atoms.